The zero-order chi connectivity index (χ0) is 10.3. The molecule has 0 saturated heterocycles. The summed E-state index contributed by atoms with van der Waals surface area (Å²) in [4.78, 5) is 20.7. The number of ether oxygens (including phenoxy) is 1. The van der Waals surface area contributed by atoms with Crippen LogP contribution >= 0.6 is 0 Å². The van der Waals surface area contributed by atoms with Crippen LogP contribution in [0.3, 0.4) is 0 Å². The zero-order valence-electron chi connectivity index (χ0n) is 8.16. The zero-order valence-corrected chi connectivity index (χ0v) is 8.16. The summed E-state index contributed by atoms with van der Waals surface area (Å²) in [5.74, 6) is 0.552. The first kappa shape index (κ1) is 11.6. The van der Waals surface area contributed by atoms with Gasteiger partial charge in [-0.05, 0) is 20.8 Å². The van der Waals surface area contributed by atoms with Crippen LogP contribution < -0.4 is 0 Å². The third-order valence-corrected chi connectivity index (χ3v) is 1.71. The number of aldehydes is 2. The van der Waals surface area contributed by atoms with Crippen LogP contribution in [0.25, 0.3) is 0 Å². The van der Waals surface area contributed by atoms with Crippen LogP contribution in [0.4, 0.5) is 0 Å². The first-order chi connectivity index (χ1) is 6.15. The molecule has 0 atom stereocenters. The predicted molar refractivity (Wildman–Crippen MR) is 50.2 cm³/mol. The Balaban J connectivity index is 4.17. The van der Waals surface area contributed by atoms with E-state index in [0.717, 1.165) is 12.6 Å². The average Bonchev–Trinajstić information content (AvgIpc) is 2.17. The maximum atomic E-state index is 10.4. The second-order valence-electron chi connectivity index (χ2n) is 2.63. The van der Waals surface area contributed by atoms with E-state index in [1.807, 2.05) is 0 Å². The quantitative estimate of drug-likeness (QED) is 0.369. The average molecular weight is 182 g/mol. The van der Waals surface area contributed by atoms with E-state index in [-0.39, 0.29) is 6.61 Å². The van der Waals surface area contributed by atoms with Gasteiger partial charge < -0.3 is 4.74 Å². The standard InChI is InChI=1S/C10H14O3/c1-4-10(6-12)7-13-9(3)8(2)5-11/h4-6H,7H2,1-3H3/b9-8+,10-4+. The van der Waals surface area contributed by atoms with Crippen molar-refractivity contribution in [1.82, 2.24) is 0 Å². The second kappa shape index (κ2) is 6.17. The van der Waals surface area contributed by atoms with Gasteiger partial charge in [-0.3, -0.25) is 9.59 Å². The normalized spacial score (nSPS) is 13.3. The molecule has 0 spiro atoms. The van der Waals surface area contributed by atoms with Gasteiger partial charge in [0.1, 0.15) is 19.2 Å². The highest BCUT2D eigenvalue weighted by Crippen LogP contribution is 2.04. The van der Waals surface area contributed by atoms with Gasteiger partial charge in [0.15, 0.2) is 0 Å². The van der Waals surface area contributed by atoms with Crippen molar-refractivity contribution in [3.05, 3.63) is 23.0 Å². The fourth-order valence-electron chi connectivity index (χ4n) is 0.574. The summed E-state index contributed by atoms with van der Waals surface area (Å²) in [6.07, 6.45) is 3.14. The van der Waals surface area contributed by atoms with Crippen molar-refractivity contribution >= 4 is 12.6 Å². The number of allylic oxidation sites excluding steroid dienone is 3. The van der Waals surface area contributed by atoms with Crippen molar-refractivity contribution < 1.29 is 14.3 Å². The molecule has 3 nitrogen and oxygen atoms in total. The highest BCUT2D eigenvalue weighted by Gasteiger charge is 1.98. The second-order valence-corrected chi connectivity index (χ2v) is 2.63. The Morgan fingerprint density at radius 3 is 2.23 bits per heavy atom. The van der Waals surface area contributed by atoms with E-state index in [9.17, 15) is 9.59 Å². The van der Waals surface area contributed by atoms with Gasteiger partial charge in [-0.1, -0.05) is 6.08 Å². The SMILES string of the molecule is C/C=C(\C=O)CO/C(C)=C(\C)C=O. The van der Waals surface area contributed by atoms with Crippen molar-refractivity contribution in [2.45, 2.75) is 20.8 Å². The van der Waals surface area contributed by atoms with Crippen LogP contribution in [0.5, 0.6) is 0 Å². The van der Waals surface area contributed by atoms with Gasteiger partial charge in [-0.25, -0.2) is 0 Å². The van der Waals surface area contributed by atoms with Crippen LogP contribution in [0.15, 0.2) is 23.0 Å². The maximum absolute atomic E-state index is 10.4. The summed E-state index contributed by atoms with van der Waals surface area (Å²) < 4.78 is 5.19. The van der Waals surface area contributed by atoms with E-state index in [2.05, 4.69) is 0 Å². The summed E-state index contributed by atoms with van der Waals surface area (Å²) in [6, 6.07) is 0. The maximum Gasteiger partial charge on any atom is 0.149 e. The fourth-order valence-corrected chi connectivity index (χ4v) is 0.574. The molecule has 0 aliphatic heterocycles. The van der Waals surface area contributed by atoms with E-state index >= 15 is 0 Å². The van der Waals surface area contributed by atoms with Crippen molar-refractivity contribution in [2.75, 3.05) is 6.61 Å². The monoisotopic (exact) mass is 182 g/mol. The van der Waals surface area contributed by atoms with Gasteiger partial charge in [0, 0.05) is 11.1 Å². The Labute approximate surface area is 78.1 Å². The number of hydrogen-bond donors (Lipinski definition) is 0. The molecule has 0 amide bonds. The third kappa shape index (κ3) is 4.25. The van der Waals surface area contributed by atoms with E-state index in [1.54, 1.807) is 26.8 Å². The molecule has 13 heavy (non-hydrogen) atoms. The molecule has 72 valence electrons. The first-order valence-corrected chi connectivity index (χ1v) is 4.01. The lowest BCUT2D eigenvalue weighted by molar-refractivity contribution is -0.105. The summed E-state index contributed by atoms with van der Waals surface area (Å²) in [7, 11) is 0. The summed E-state index contributed by atoms with van der Waals surface area (Å²) in [5.41, 5.74) is 1.11. The molecule has 0 unspecified atom stereocenters. The Bertz CT molecular complexity index is 249. The molecule has 0 aliphatic rings. The van der Waals surface area contributed by atoms with Crippen LogP contribution in [-0.2, 0) is 14.3 Å². The topological polar surface area (TPSA) is 43.4 Å². The molecular formula is C10H14O3. The summed E-state index contributed by atoms with van der Waals surface area (Å²) in [6.45, 7) is 5.34. The molecule has 0 rings (SSSR count). The Hall–Kier alpha value is -1.38. The lowest BCUT2D eigenvalue weighted by Gasteiger charge is -2.06. The van der Waals surface area contributed by atoms with E-state index in [1.165, 1.54) is 0 Å². The molecule has 3 heteroatoms. The molecule has 0 bridgehead atoms. The van der Waals surface area contributed by atoms with Gasteiger partial charge in [-0.15, -0.1) is 0 Å². The van der Waals surface area contributed by atoms with Gasteiger partial charge in [0.2, 0.25) is 0 Å². The van der Waals surface area contributed by atoms with Crippen molar-refractivity contribution in [3.63, 3.8) is 0 Å². The molecule has 0 aromatic heterocycles. The van der Waals surface area contributed by atoms with Crippen molar-refractivity contribution in [2.24, 2.45) is 0 Å². The molecule has 0 aromatic rings. The molecule has 0 N–H and O–H groups in total. The molecule has 0 radical (unpaired) electrons. The number of hydrogen-bond acceptors (Lipinski definition) is 3. The van der Waals surface area contributed by atoms with Gasteiger partial charge in [-0.2, -0.15) is 0 Å². The number of carbonyl (C=O) groups is 2. The lowest BCUT2D eigenvalue weighted by atomic mass is 10.3. The van der Waals surface area contributed by atoms with Crippen LogP contribution in [0, 0.1) is 0 Å². The summed E-state index contributed by atoms with van der Waals surface area (Å²) in [5, 5.41) is 0. The molecule has 0 aliphatic carbocycles. The molecule has 0 aromatic carbocycles. The minimum atomic E-state index is 0.219. The number of carbonyl (C=O) groups excluding carboxylic acids is 2. The highest BCUT2D eigenvalue weighted by molar-refractivity contribution is 5.74. The van der Waals surface area contributed by atoms with E-state index in [0.29, 0.717) is 16.9 Å². The first-order valence-electron chi connectivity index (χ1n) is 4.01. The highest BCUT2D eigenvalue weighted by atomic mass is 16.5. The minimum absolute atomic E-state index is 0.219. The molecule has 0 saturated carbocycles. The van der Waals surface area contributed by atoms with Crippen LogP contribution in [-0.4, -0.2) is 19.2 Å². The van der Waals surface area contributed by atoms with Crippen molar-refractivity contribution in [1.29, 1.82) is 0 Å². The van der Waals surface area contributed by atoms with Crippen molar-refractivity contribution in [3.8, 4) is 0 Å². The largest absolute Gasteiger partial charge is 0.493 e. The van der Waals surface area contributed by atoms with Gasteiger partial charge in [0.25, 0.3) is 0 Å². The smallest absolute Gasteiger partial charge is 0.149 e. The Morgan fingerprint density at radius 2 is 1.85 bits per heavy atom. The Kier molecular flexibility index (Phi) is 5.52. The van der Waals surface area contributed by atoms with E-state index in [4.69, 9.17) is 4.74 Å². The lowest BCUT2D eigenvalue weighted by Crippen LogP contribution is -1.99. The fraction of sp³-hybridized carbons (Fsp3) is 0.400. The van der Waals surface area contributed by atoms with Crippen LogP contribution in [0.1, 0.15) is 20.8 Å². The van der Waals surface area contributed by atoms with Crippen LogP contribution in [0.2, 0.25) is 0 Å². The number of rotatable bonds is 5. The predicted octanol–water partition coefficient (Wildman–Crippen LogP) is 1.64. The molecule has 0 fully saturated rings. The minimum Gasteiger partial charge on any atom is -0.493 e. The van der Waals surface area contributed by atoms with E-state index < -0.39 is 0 Å². The third-order valence-electron chi connectivity index (χ3n) is 1.71. The molecule has 0 heterocycles. The van der Waals surface area contributed by atoms with Gasteiger partial charge >= 0.3 is 0 Å². The van der Waals surface area contributed by atoms with Gasteiger partial charge in [0.05, 0.1) is 5.76 Å². The summed E-state index contributed by atoms with van der Waals surface area (Å²) >= 11 is 0. The Morgan fingerprint density at radius 1 is 1.23 bits per heavy atom. The molecular weight excluding hydrogens is 168 g/mol.